The fourth-order valence-corrected chi connectivity index (χ4v) is 4.68. The van der Waals surface area contributed by atoms with Crippen molar-refractivity contribution in [3.63, 3.8) is 0 Å². The predicted molar refractivity (Wildman–Crippen MR) is 114 cm³/mol. The van der Waals surface area contributed by atoms with Crippen molar-refractivity contribution in [3.8, 4) is 0 Å². The zero-order chi connectivity index (χ0) is 19.5. The molecule has 0 aromatic heterocycles. The quantitative estimate of drug-likeness (QED) is 0.676. The Morgan fingerprint density at radius 2 is 1.71 bits per heavy atom. The second-order valence-corrected chi connectivity index (χ2v) is 8.03. The molecule has 0 radical (unpaired) electrons. The summed E-state index contributed by atoms with van der Waals surface area (Å²) < 4.78 is 0. The Morgan fingerprint density at radius 3 is 2.50 bits per heavy atom. The van der Waals surface area contributed by atoms with Crippen LogP contribution in [0.1, 0.15) is 15.9 Å². The lowest BCUT2D eigenvalue weighted by Gasteiger charge is -2.27. The lowest BCUT2D eigenvalue weighted by molar-refractivity contribution is -0.134. The highest BCUT2D eigenvalue weighted by Crippen LogP contribution is 2.25. The lowest BCUT2D eigenvalue weighted by Crippen LogP contribution is -2.47. The Hall–Kier alpha value is -2.79. The molecule has 28 heavy (non-hydrogen) atoms. The zero-order valence-corrected chi connectivity index (χ0v) is 16.6. The Kier molecular flexibility index (Phi) is 5.35. The molecule has 5 heteroatoms. The van der Waals surface area contributed by atoms with Crippen molar-refractivity contribution in [2.24, 2.45) is 0 Å². The smallest absolute Gasteiger partial charge is 0.255 e. The van der Waals surface area contributed by atoms with Crippen LogP contribution in [0.15, 0.2) is 72.8 Å². The van der Waals surface area contributed by atoms with Gasteiger partial charge in [-0.1, -0.05) is 54.6 Å². The van der Waals surface area contributed by atoms with E-state index < -0.39 is 6.04 Å². The normalized spacial score (nSPS) is 16.3. The van der Waals surface area contributed by atoms with Crippen LogP contribution in [-0.2, 0) is 11.3 Å². The number of thioether (sulfide) groups is 1. The third-order valence-corrected chi connectivity index (χ3v) is 6.07. The molecule has 142 valence electrons. The van der Waals surface area contributed by atoms with E-state index in [-0.39, 0.29) is 11.8 Å². The first-order valence-electron chi connectivity index (χ1n) is 9.30. The molecule has 1 aliphatic rings. The van der Waals surface area contributed by atoms with Crippen LogP contribution < -0.4 is 0 Å². The summed E-state index contributed by atoms with van der Waals surface area (Å²) >= 11 is 1.62. The molecule has 4 rings (SSSR count). The molecular formula is C23H22N2O2S. The van der Waals surface area contributed by atoms with E-state index in [0.717, 1.165) is 10.9 Å². The molecule has 3 aromatic carbocycles. The highest BCUT2D eigenvalue weighted by atomic mass is 32.2. The van der Waals surface area contributed by atoms with Gasteiger partial charge in [-0.2, -0.15) is 0 Å². The average molecular weight is 391 g/mol. The predicted octanol–water partition coefficient (Wildman–Crippen LogP) is 4.01. The van der Waals surface area contributed by atoms with Crippen molar-refractivity contribution in [2.75, 3.05) is 18.7 Å². The minimum absolute atomic E-state index is 0.0116. The first kappa shape index (κ1) is 18.6. The molecule has 0 spiro atoms. The molecule has 1 fully saturated rings. The number of rotatable bonds is 4. The van der Waals surface area contributed by atoms with E-state index in [1.54, 1.807) is 33.7 Å². The molecule has 1 aliphatic heterocycles. The van der Waals surface area contributed by atoms with Crippen LogP contribution in [0.2, 0.25) is 0 Å². The second-order valence-electron chi connectivity index (χ2n) is 7.03. The third-order valence-electron chi connectivity index (χ3n) is 5.06. The average Bonchev–Trinajstić information content (AvgIpc) is 3.23. The SMILES string of the molecule is CN(Cc1ccc2ccccc2c1)C(=O)C1CSCN1C(=O)c1ccccc1. The van der Waals surface area contributed by atoms with E-state index in [2.05, 4.69) is 30.3 Å². The maximum Gasteiger partial charge on any atom is 0.255 e. The number of benzene rings is 3. The molecule has 0 bridgehead atoms. The van der Waals surface area contributed by atoms with Gasteiger partial charge in [0.2, 0.25) is 5.91 Å². The Labute approximate surface area is 169 Å². The number of carbonyl (C=O) groups excluding carboxylic acids is 2. The monoisotopic (exact) mass is 390 g/mol. The number of nitrogens with zero attached hydrogens (tertiary/aromatic N) is 2. The molecule has 1 heterocycles. The van der Waals surface area contributed by atoms with E-state index in [0.29, 0.717) is 23.7 Å². The molecule has 0 aliphatic carbocycles. The summed E-state index contributed by atoms with van der Waals surface area (Å²) in [6, 6.07) is 23.2. The van der Waals surface area contributed by atoms with Gasteiger partial charge < -0.3 is 9.80 Å². The van der Waals surface area contributed by atoms with Gasteiger partial charge in [0.25, 0.3) is 5.91 Å². The topological polar surface area (TPSA) is 40.6 Å². The van der Waals surface area contributed by atoms with Crippen LogP contribution in [0, 0.1) is 0 Å². The second kappa shape index (κ2) is 8.07. The van der Waals surface area contributed by atoms with Crippen molar-refractivity contribution in [1.82, 2.24) is 9.80 Å². The van der Waals surface area contributed by atoms with Crippen LogP contribution in [0.5, 0.6) is 0 Å². The Balaban J connectivity index is 1.48. The number of amides is 2. The highest BCUT2D eigenvalue weighted by molar-refractivity contribution is 7.99. The molecular weight excluding hydrogens is 368 g/mol. The van der Waals surface area contributed by atoms with E-state index in [1.165, 1.54) is 5.39 Å². The van der Waals surface area contributed by atoms with Crippen molar-refractivity contribution < 1.29 is 9.59 Å². The first-order chi connectivity index (χ1) is 13.6. The Bertz CT molecular complexity index is 1010. The van der Waals surface area contributed by atoms with Crippen LogP contribution in [0.25, 0.3) is 10.8 Å². The number of likely N-dealkylation sites (N-methyl/N-ethyl adjacent to an activating group) is 1. The molecule has 0 saturated carbocycles. The summed E-state index contributed by atoms with van der Waals surface area (Å²) in [5.74, 6) is 1.10. The van der Waals surface area contributed by atoms with Crippen molar-refractivity contribution >= 4 is 34.3 Å². The van der Waals surface area contributed by atoms with Crippen molar-refractivity contribution in [1.29, 1.82) is 0 Å². The maximum absolute atomic E-state index is 13.1. The number of fused-ring (bicyclic) bond motifs is 1. The van der Waals surface area contributed by atoms with Gasteiger partial charge in [0.15, 0.2) is 0 Å². The number of carbonyl (C=O) groups is 2. The standard InChI is InChI=1S/C23H22N2O2S/c1-24(14-17-11-12-18-7-5-6-10-20(18)13-17)23(27)21-15-28-16-25(21)22(26)19-8-3-2-4-9-19/h2-13,21H,14-16H2,1H3. The summed E-state index contributed by atoms with van der Waals surface area (Å²) in [7, 11) is 1.81. The molecule has 3 aromatic rings. The van der Waals surface area contributed by atoms with Gasteiger partial charge in [0, 0.05) is 24.9 Å². The van der Waals surface area contributed by atoms with Gasteiger partial charge in [0.05, 0.1) is 5.88 Å². The summed E-state index contributed by atoms with van der Waals surface area (Å²) in [5.41, 5.74) is 1.71. The highest BCUT2D eigenvalue weighted by Gasteiger charge is 2.36. The fourth-order valence-electron chi connectivity index (χ4n) is 3.54. The van der Waals surface area contributed by atoms with Crippen LogP contribution in [-0.4, -0.2) is 46.3 Å². The van der Waals surface area contributed by atoms with E-state index in [4.69, 9.17) is 0 Å². The fraction of sp³-hybridized carbons (Fsp3) is 0.217. The largest absolute Gasteiger partial charge is 0.340 e. The number of hydrogen-bond donors (Lipinski definition) is 0. The Morgan fingerprint density at radius 1 is 1.00 bits per heavy atom. The molecule has 4 nitrogen and oxygen atoms in total. The molecule has 1 saturated heterocycles. The van der Waals surface area contributed by atoms with Gasteiger partial charge >= 0.3 is 0 Å². The van der Waals surface area contributed by atoms with Crippen LogP contribution >= 0.6 is 11.8 Å². The molecule has 1 atom stereocenters. The maximum atomic E-state index is 13.1. The third kappa shape index (κ3) is 3.76. The van der Waals surface area contributed by atoms with Gasteiger partial charge in [-0.05, 0) is 34.5 Å². The molecule has 1 unspecified atom stereocenters. The first-order valence-corrected chi connectivity index (χ1v) is 10.5. The van der Waals surface area contributed by atoms with Crippen LogP contribution in [0.3, 0.4) is 0 Å². The van der Waals surface area contributed by atoms with Gasteiger partial charge in [-0.3, -0.25) is 9.59 Å². The van der Waals surface area contributed by atoms with Gasteiger partial charge in [-0.25, -0.2) is 0 Å². The minimum atomic E-state index is -0.414. The van der Waals surface area contributed by atoms with E-state index in [9.17, 15) is 9.59 Å². The minimum Gasteiger partial charge on any atom is -0.340 e. The summed E-state index contributed by atoms with van der Waals surface area (Å²) in [6.07, 6.45) is 0. The van der Waals surface area contributed by atoms with E-state index >= 15 is 0 Å². The van der Waals surface area contributed by atoms with Gasteiger partial charge in [-0.15, -0.1) is 11.8 Å². The zero-order valence-electron chi connectivity index (χ0n) is 15.7. The molecule has 0 N–H and O–H groups in total. The lowest BCUT2D eigenvalue weighted by atomic mass is 10.1. The molecule has 2 amide bonds. The van der Waals surface area contributed by atoms with E-state index in [1.807, 2.05) is 37.4 Å². The van der Waals surface area contributed by atoms with Crippen molar-refractivity contribution in [2.45, 2.75) is 12.6 Å². The van der Waals surface area contributed by atoms with Crippen LogP contribution in [0.4, 0.5) is 0 Å². The van der Waals surface area contributed by atoms with Crippen molar-refractivity contribution in [3.05, 3.63) is 83.9 Å². The summed E-state index contributed by atoms with van der Waals surface area (Å²) in [6.45, 7) is 0.526. The number of hydrogen-bond acceptors (Lipinski definition) is 3. The summed E-state index contributed by atoms with van der Waals surface area (Å²) in [5, 5.41) is 2.35. The summed E-state index contributed by atoms with van der Waals surface area (Å²) in [4.78, 5) is 29.3. The van der Waals surface area contributed by atoms with Gasteiger partial charge in [0.1, 0.15) is 6.04 Å².